The normalized spacial score (nSPS) is 12.1. The number of carbonyl (C=O) groups is 2. The molecule has 0 saturated carbocycles. The maximum Gasteiger partial charge on any atom is 0.305 e. The Hall–Kier alpha value is -3.45. The predicted molar refractivity (Wildman–Crippen MR) is 337 cm³/mol. The standard InChI is InChI=1S/C70H124N2O6/c1-4-7-10-13-16-19-22-25-28-31-34-37-40-43-46-49-64-76-68(67-73)56-52-59-71-60-55-63-72(61-53-57-69(74)77-65-50-47-44-41-38-35-32-29-26-23-20-17-14-11-8-5-2)62-54-58-70(75)78-66-51-48-45-42-39-36-33-30-27-24-21-18-15-12-9-6-3/h16-21,25-30,71H,4-15,22-24,31-66H2,1-3H3/b19-16-,20-17-,21-18-,28-25-,29-26-,30-27-. The van der Waals surface area contributed by atoms with Gasteiger partial charge in [-0.3, -0.25) is 9.59 Å². The van der Waals surface area contributed by atoms with Gasteiger partial charge in [0, 0.05) is 19.3 Å². The number of hydrogen-bond donors (Lipinski definition) is 1. The summed E-state index contributed by atoms with van der Waals surface area (Å²) in [5, 5.41) is 3.53. The number of allylic oxidation sites excluding steroid dienone is 13. The summed E-state index contributed by atoms with van der Waals surface area (Å²) in [5.41, 5.74) is 0. The number of unbranched alkanes of at least 4 members (excludes halogenated alkanes) is 27. The lowest BCUT2D eigenvalue weighted by Crippen LogP contribution is -2.30. The summed E-state index contributed by atoms with van der Waals surface area (Å²) in [4.78, 5) is 39.2. The molecule has 0 saturated heterocycles. The average Bonchev–Trinajstić information content (AvgIpc) is 3.44. The highest BCUT2D eigenvalue weighted by Crippen LogP contribution is 2.13. The van der Waals surface area contributed by atoms with Gasteiger partial charge in [-0.25, -0.2) is 4.79 Å². The fourth-order valence-electron chi connectivity index (χ4n) is 9.29. The quantitative estimate of drug-likeness (QED) is 0.0212. The van der Waals surface area contributed by atoms with Gasteiger partial charge >= 0.3 is 11.9 Å². The predicted octanol–water partition coefficient (Wildman–Crippen LogP) is 19.9. The van der Waals surface area contributed by atoms with Gasteiger partial charge in [-0.15, -0.1) is 0 Å². The van der Waals surface area contributed by atoms with Gasteiger partial charge in [-0.2, -0.15) is 0 Å². The van der Waals surface area contributed by atoms with Crippen molar-refractivity contribution in [3.05, 3.63) is 78.7 Å². The summed E-state index contributed by atoms with van der Waals surface area (Å²) < 4.78 is 17.0. The minimum atomic E-state index is -0.110. The topological polar surface area (TPSA) is 94.2 Å². The molecule has 78 heavy (non-hydrogen) atoms. The second-order valence-electron chi connectivity index (χ2n) is 21.8. The lowest BCUT2D eigenvalue weighted by atomic mass is 10.1. The van der Waals surface area contributed by atoms with E-state index in [0.29, 0.717) is 44.8 Å². The molecule has 0 unspecified atom stereocenters. The molecule has 0 spiro atoms. The molecule has 0 heterocycles. The van der Waals surface area contributed by atoms with Crippen molar-refractivity contribution in [1.82, 2.24) is 10.2 Å². The molecule has 0 rings (SSSR count). The Kier molecular flexibility index (Phi) is 63.1. The van der Waals surface area contributed by atoms with Gasteiger partial charge in [0.15, 0.2) is 11.7 Å². The molecule has 8 nitrogen and oxygen atoms in total. The van der Waals surface area contributed by atoms with Crippen molar-refractivity contribution in [2.75, 3.05) is 52.5 Å². The van der Waals surface area contributed by atoms with E-state index in [4.69, 9.17) is 14.2 Å². The third-order valence-corrected chi connectivity index (χ3v) is 14.2. The molecule has 450 valence electrons. The fourth-order valence-corrected chi connectivity index (χ4v) is 9.29. The Morgan fingerprint density at radius 1 is 0.346 bits per heavy atom. The fraction of sp³-hybridized carbons (Fsp3) is 0.771. The first-order valence-electron chi connectivity index (χ1n) is 33.1. The van der Waals surface area contributed by atoms with Crippen LogP contribution in [0.15, 0.2) is 78.7 Å². The van der Waals surface area contributed by atoms with Gasteiger partial charge in [0.05, 0.1) is 19.8 Å². The van der Waals surface area contributed by atoms with Crippen LogP contribution < -0.4 is 5.32 Å². The summed E-state index contributed by atoms with van der Waals surface area (Å²) in [6, 6.07) is 0. The number of nitrogens with one attached hydrogen (secondary N) is 1. The molecule has 0 aliphatic heterocycles. The third-order valence-electron chi connectivity index (χ3n) is 14.2. The highest BCUT2D eigenvalue weighted by atomic mass is 16.5. The maximum atomic E-state index is 12.6. The van der Waals surface area contributed by atoms with Crippen molar-refractivity contribution in [3.8, 4) is 0 Å². The summed E-state index contributed by atoms with van der Waals surface area (Å²) in [7, 11) is 0. The van der Waals surface area contributed by atoms with Gasteiger partial charge in [0.2, 0.25) is 0 Å². The molecule has 0 bridgehead atoms. The minimum absolute atomic E-state index is 0.110. The van der Waals surface area contributed by atoms with Crippen LogP contribution in [-0.4, -0.2) is 75.3 Å². The van der Waals surface area contributed by atoms with E-state index in [9.17, 15) is 14.4 Å². The van der Waals surface area contributed by atoms with Crippen molar-refractivity contribution >= 4 is 17.9 Å². The molecule has 0 aliphatic rings. The Bertz CT molecular complexity index is 1440. The molecule has 0 amide bonds. The first kappa shape index (κ1) is 74.5. The zero-order valence-corrected chi connectivity index (χ0v) is 51.4. The van der Waals surface area contributed by atoms with Gasteiger partial charge in [0.25, 0.3) is 0 Å². The molecule has 0 aromatic heterocycles. The summed E-state index contributed by atoms with van der Waals surface area (Å²) >= 11 is 0. The van der Waals surface area contributed by atoms with E-state index in [-0.39, 0.29) is 11.9 Å². The minimum Gasteiger partial charge on any atom is -0.487 e. The van der Waals surface area contributed by atoms with E-state index in [2.05, 4.69) is 104 Å². The third kappa shape index (κ3) is 61.8. The number of ether oxygens (including phenoxy) is 3. The number of carbonyl (C=O) groups excluding carboxylic acids is 3. The van der Waals surface area contributed by atoms with Crippen LogP contribution in [0.1, 0.15) is 297 Å². The second kappa shape index (κ2) is 66.1. The SMILES string of the molecule is CCCCC/C=C\C/C=C\CCCCCCCCOC(=O)CCCN(CCCNCCCC(=C=O)OCCCCCCCC/C=C\C/C=C\CCCCC)CCCC(=O)OCCCCCCCC/C=C\C/C=C\CCCCC. The molecule has 0 aliphatic carbocycles. The molecular formula is C70H124N2O6. The van der Waals surface area contributed by atoms with Crippen LogP contribution in [0.25, 0.3) is 0 Å². The zero-order chi connectivity index (χ0) is 56.4. The van der Waals surface area contributed by atoms with Gasteiger partial charge in [-0.05, 0) is 174 Å². The first-order chi connectivity index (χ1) is 38.6. The summed E-state index contributed by atoms with van der Waals surface area (Å²) in [6.45, 7) is 12.5. The number of esters is 2. The van der Waals surface area contributed by atoms with Crippen LogP contribution >= 0.6 is 0 Å². The van der Waals surface area contributed by atoms with E-state index in [0.717, 1.165) is 129 Å². The monoisotopic (exact) mass is 1090 g/mol. The highest BCUT2D eigenvalue weighted by molar-refractivity contribution is 5.69. The van der Waals surface area contributed by atoms with Crippen LogP contribution in [0, 0.1) is 0 Å². The van der Waals surface area contributed by atoms with Gasteiger partial charge in [-0.1, -0.05) is 209 Å². The number of hydrogen-bond acceptors (Lipinski definition) is 8. The van der Waals surface area contributed by atoms with Crippen LogP contribution in [0.3, 0.4) is 0 Å². The molecule has 0 aromatic rings. The van der Waals surface area contributed by atoms with Crippen LogP contribution in [-0.2, 0) is 28.6 Å². The smallest absolute Gasteiger partial charge is 0.305 e. The average molecular weight is 1090 g/mol. The highest BCUT2D eigenvalue weighted by Gasteiger charge is 2.11. The zero-order valence-electron chi connectivity index (χ0n) is 51.4. The molecule has 0 aromatic carbocycles. The van der Waals surface area contributed by atoms with Crippen LogP contribution in [0.2, 0.25) is 0 Å². The largest absolute Gasteiger partial charge is 0.487 e. The maximum absolute atomic E-state index is 12.6. The van der Waals surface area contributed by atoms with E-state index in [1.807, 2.05) is 5.94 Å². The Morgan fingerprint density at radius 2 is 0.654 bits per heavy atom. The van der Waals surface area contributed by atoms with Crippen molar-refractivity contribution in [3.63, 3.8) is 0 Å². The van der Waals surface area contributed by atoms with Crippen LogP contribution in [0.4, 0.5) is 0 Å². The van der Waals surface area contributed by atoms with E-state index < -0.39 is 0 Å². The lowest BCUT2D eigenvalue weighted by Gasteiger charge is -2.22. The first-order valence-corrected chi connectivity index (χ1v) is 33.1. The number of nitrogens with zero attached hydrogens (tertiary/aromatic N) is 1. The molecule has 8 heteroatoms. The summed E-state index contributed by atoms with van der Waals surface area (Å²) in [5.74, 6) is 2.24. The van der Waals surface area contributed by atoms with Gasteiger partial charge in [0.1, 0.15) is 0 Å². The second-order valence-corrected chi connectivity index (χ2v) is 21.8. The summed E-state index contributed by atoms with van der Waals surface area (Å²) in [6.07, 6.45) is 75.5. The van der Waals surface area contributed by atoms with Crippen LogP contribution in [0.5, 0.6) is 0 Å². The Balaban J connectivity index is 4.40. The molecule has 1 N–H and O–H groups in total. The van der Waals surface area contributed by atoms with E-state index in [1.54, 1.807) is 0 Å². The van der Waals surface area contributed by atoms with Crippen molar-refractivity contribution < 1.29 is 28.6 Å². The number of rotatable bonds is 62. The van der Waals surface area contributed by atoms with Crippen molar-refractivity contribution in [1.29, 1.82) is 0 Å². The Morgan fingerprint density at radius 3 is 1.01 bits per heavy atom. The van der Waals surface area contributed by atoms with Crippen molar-refractivity contribution in [2.45, 2.75) is 297 Å². The molecule has 0 fully saturated rings. The Labute approximate surface area is 482 Å². The van der Waals surface area contributed by atoms with E-state index in [1.165, 1.54) is 161 Å². The molecule has 0 atom stereocenters. The van der Waals surface area contributed by atoms with Crippen molar-refractivity contribution in [2.24, 2.45) is 0 Å². The molecule has 0 radical (unpaired) electrons. The van der Waals surface area contributed by atoms with Gasteiger partial charge < -0.3 is 24.4 Å². The molecular weight excluding hydrogens is 965 g/mol. The van der Waals surface area contributed by atoms with E-state index >= 15 is 0 Å². The lowest BCUT2D eigenvalue weighted by molar-refractivity contribution is -0.144.